The first-order valence-corrected chi connectivity index (χ1v) is 15.3. The summed E-state index contributed by atoms with van der Waals surface area (Å²) in [7, 11) is -0.461. The Balaban J connectivity index is 1.68. The van der Waals surface area contributed by atoms with Gasteiger partial charge in [0.25, 0.3) is 0 Å². The third-order valence-corrected chi connectivity index (χ3v) is 11.6. The Morgan fingerprint density at radius 1 is 1.15 bits per heavy atom. The third kappa shape index (κ3) is 4.69. The Morgan fingerprint density at radius 3 is 2.69 bits per heavy atom. The molecule has 4 heterocycles. The molecular weight excluding hydrogens is 583 g/mol. The van der Waals surface area contributed by atoms with Gasteiger partial charge in [-0.25, -0.2) is 13.6 Å². The van der Waals surface area contributed by atoms with Gasteiger partial charge in [0.05, 0.1) is 34.8 Å². The number of fused-ring (bicyclic) bond motifs is 1. The number of piperazine rings is 1. The molecule has 0 amide bonds. The molecule has 39 heavy (non-hydrogen) atoms. The van der Waals surface area contributed by atoms with Crippen LogP contribution in [0.15, 0.2) is 38.9 Å². The first kappa shape index (κ1) is 27.1. The van der Waals surface area contributed by atoms with Crippen molar-refractivity contribution in [3.63, 3.8) is 0 Å². The van der Waals surface area contributed by atoms with Gasteiger partial charge in [0.2, 0.25) is 0 Å². The molecule has 2 fully saturated rings. The minimum Gasteiger partial charge on any atom is -0.379 e. The summed E-state index contributed by atoms with van der Waals surface area (Å²) in [6.45, 7) is 1.09. The summed E-state index contributed by atoms with van der Waals surface area (Å²) in [6, 6.07) is 3.86. The van der Waals surface area contributed by atoms with Crippen LogP contribution in [-0.4, -0.2) is 65.2 Å². The van der Waals surface area contributed by atoms with Gasteiger partial charge in [-0.3, -0.25) is 4.57 Å². The largest absolute Gasteiger partial charge is 0.416 e. The number of anilines is 1. The molecule has 3 aliphatic rings. The smallest absolute Gasteiger partial charge is 0.379 e. The fourth-order valence-corrected chi connectivity index (χ4v) is 9.99. The SMILES string of the molecule is CO[C@H]1Cn2c(=O)nc(N3CCN[C@H]4CSC[C@H]43)c3cc(C(F)(F)F)cc(c32)[SH](c2cc(Cl)c(F)cc2F)C1. The second kappa shape index (κ2) is 10.1. The van der Waals surface area contributed by atoms with Crippen molar-refractivity contribution in [3.8, 4) is 0 Å². The van der Waals surface area contributed by atoms with E-state index in [1.54, 1.807) is 11.8 Å². The zero-order valence-electron chi connectivity index (χ0n) is 20.6. The van der Waals surface area contributed by atoms with Crippen LogP contribution in [0.25, 0.3) is 10.9 Å². The number of thiol groups is 1. The molecule has 0 radical (unpaired) electrons. The number of methoxy groups -OCH3 is 1. The summed E-state index contributed by atoms with van der Waals surface area (Å²) < 4.78 is 79.1. The Morgan fingerprint density at radius 2 is 1.95 bits per heavy atom. The highest BCUT2D eigenvalue weighted by Crippen LogP contribution is 2.53. The maximum Gasteiger partial charge on any atom is 0.416 e. The molecule has 1 N–H and O–H groups in total. The normalized spacial score (nSPS) is 26.1. The number of halogens is 6. The van der Waals surface area contributed by atoms with Gasteiger partial charge in [-0.1, -0.05) is 11.6 Å². The van der Waals surface area contributed by atoms with Crippen molar-refractivity contribution in [1.82, 2.24) is 14.9 Å². The summed E-state index contributed by atoms with van der Waals surface area (Å²) in [5.74, 6) is 0.00852. The zero-order chi connectivity index (χ0) is 27.6. The van der Waals surface area contributed by atoms with Crippen LogP contribution >= 0.6 is 34.3 Å². The van der Waals surface area contributed by atoms with Gasteiger partial charge in [0, 0.05) is 64.7 Å². The van der Waals surface area contributed by atoms with Crippen LogP contribution in [0.2, 0.25) is 5.02 Å². The number of alkyl halides is 3. The van der Waals surface area contributed by atoms with E-state index in [2.05, 4.69) is 10.3 Å². The molecule has 3 aliphatic heterocycles. The zero-order valence-corrected chi connectivity index (χ0v) is 23.0. The minimum absolute atomic E-state index is 0.00670. The lowest BCUT2D eigenvalue weighted by Gasteiger charge is -2.39. The molecule has 2 aromatic carbocycles. The molecule has 0 saturated carbocycles. The van der Waals surface area contributed by atoms with Crippen LogP contribution in [0.3, 0.4) is 0 Å². The number of ether oxygens (including phenoxy) is 1. The predicted octanol–water partition coefficient (Wildman–Crippen LogP) is 4.69. The van der Waals surface area contributed by atoms with E-state index in [4.69, 9.17) is 16.3 Å². The number of aromatic nitrogens is 2. The fraction of sp³-hybridized carbons (Fsp3) is 0.440. The highest BCUT2D eigenvalue weighted by atomic mass is 35.5. The van der Waals surface area contributed by atoms with Gasteiger partial charge in [-0.05, 0) is 18.2 Å². The average molecular weight is 607 g/mol. The van der Waals surface area contributed by atoms with Gasteiger partial charge < -0.3 is 15.0 Å². The van der Waals surface area contributed by atoms with Crippen molar-refractivity contribution in [2.45, 2.75) is 40.7 Å². The molecule has 3 aromatic rings. The molecule has 210 valence electrons. The number of thioether (sulfide) groups is 1. The van der Waals surface area contributed by atoms with Gasteiger partial charge in [0.15, 0.2) is 0 Å². The molecule has 0 spiro atoms. The van der Waals surface area contributed by atoms with E-state index in [9.17, 15) is 22.4 Å². The highest BCUT2D eigenvalue weighted by molar-refractivity contribution is 8.17. The second-order valence-electron chi connectivity index (χ2n) is 9.76. The van der Waals surface area contributed by atoms with Crippen molar-refractivity contribution >= 4 is 51.0 Å². The van der Waals surface area contributed by atoms with Crippen molar-refractivity contribution in [3.05, 3.63) is 57.0 Å². The summed E-state index contributed by atoms with van der Waals surface area (Å²) in [5.41, 5.74) is -1.28. The van der Waals surface area contributed by atoms with Crippen LogP contribution < -0.4 is 15.9 Å². The maximum atomic E-state index is 15.2. The Kier molecular flexibility index (Phi) is 7.02. The van der Waals surface area contributed by atoms with Gasteiger partial charge in [0.1, 0.15) is 17.5 Å². The number of nitrogens with one attached hydrogen (secondary N) is 1. The first-order chi connectivity index (χ1) is 18.6. The standard InChI is InChI=1S/C25H24ClF5N4O2S2/c1-37-13-8-35-22-14(23(33-24(35)36)34-3-2-32-18-9-38-10-19(18)34)4-12(25(29,30)31)5-21(22)39(11-13)20-6-15(26)16(27)7-17(20)28/h4-7,13,18-19,32,39H,2-3,8-11H2,1H3/t13-,18-,19+/m0/s1. The van der Waals surface area contributed by atoms with E-state index >= 15 is 4.39 Å². The maximum absolute atomic E-state index is 15.2. The quantitative estimate of drug-likeness (QED) is 0.256. The molecule has 4 atom stereocenters. The van der Waals surface area contributed by atoms with Crippen LogP contribution in [0.5, 0.6) is 0 Å². The molecule has 6 nitrogen and oxygen atoms in total. The molecule has 6 rings (SSSR count). The van der Waals surface area contributed by atoms with Crippen molar-refractivity contribution in [2.75, 3.05) is 42.4 Å². The Bertz CT molecular complexity index is 1520. The first-order valence-electron chi connectivity index (χ1n) is 12.2. The van der Waals surface area contributed by atoms with E-state index in [1.165, 1.54) is 11.7 Å². The Labute approximate surface area is 232 Å². The summed E-state index contributed by atoms with van der Waals surface area (Å²) in [4.78, 5) is 19.9. The number of benzene rings is 2. The summed E-state index contributed by atoms with van der Waals surface area (Å²) >= 11 is 7.74. The predicted molar refractivity (Wildman–Crippen MR) is 144 cm³/mol. The van der Waals surface area contributed by atoms with Crippen molar-refractivity contribution in [2.24, 2.45) is 0 Å². The van der Waals surface area contributed by atoms with Crippen LogP contribution in [-0.2, 0) is 17.5 Å². The lowest BCUT2D eigenvalue weighted by atomic mass is 10.0. The number of nitrogens with zero attached hydrogens (tertiary/aromatic N) is 3. The fourth-order valence-electron chi connectivity index (χ4n) is 5.64. The molecule has 0 bridgehead atoms. The molecule has 14 heteroatoms. The lowest BCUT2D eigenvalue weighted by Crippen LogP contribution is -2.58. The monoisotopic (exact) mass is 606 g/mol. The lowest BCUT2D eigenvalue weighted by molar-refractivity contribution is -0.137. The van der Waals surface area contributed by atoms with E-state index in [0.717, 1.165) is 29.7 Å². The van der Waals surface area contributed by atoms with Gasteiger partial charge >= 0.3 is 11.9 Å². The number of hydrogen-bond acceptors (Lipinski definition) is 6. The molecule has 1 aromatic heterocycles. The van der Waals surface area contributed by atoms with E-state index in [0.29, 0.717) is 19.2 Å². The molecule has 2 saturated heterocycles. The van der Waals surface area contributed by atoms with Crippen LogP contribution in [0.1, 0.15) is 5.56 Å². The second-order valence-corrected chi connectivity index (χ2v) is 13.4. The summed E-state index contributed by atoms with van der Waals surface area (Å²) in [5, 5.41) is 3.28. The van der Waals surface area contributed by atoms with Crippen molar-refractivity contribution < 1.29 is 26.7 Å². The molecular formula is C25H24ClF5N4O2S2. The topological polar surface area (TPSA) is 59.4 Å². The average Bonchev–Trinajstić information content (AvgIpc) is 3.31. The molecule has 1 unspecified atom stereocenters. The van der Waals surface area contributed by atoms with Crippen LogP contribution in [0.4, 0.5) is 27.8 Å². The summed E-state index contributed by atoms with van der Waals surface area (Å²) in [6.07, 6.45) is -5.35. The number of hydrogen-bond donors (Lipinski definition) is 2. The van der Waals surface area contributed by atoms with Crippen LogP contribution in [0, 0.1) is 11.6 Å². The molecule has 0 aliphatic carbocycles. The van der Waals surface area contributed by atoms with E-state index in [1.807, 2.05) is 4.90 Å². The van der Waals surface area contributed by atoms with Crippen molar-refractivity contribution in [1.29, 1.82) is 0 Å². The Hall–Kier alpha value is -2.06. The number of rotatable bonds is 3. The van der Waals surface area contributed by atoms with Gasteiger partial charge in [-0.2, -0.15) is 40.8 Å². The minimum atomic E-state index is -4.72. The van der Waals surface area contributed by atoms with E-state index < -0.39 is 46.1 Å². The van der Waals surface area contributed by atoms with E-state index in [-0.39, 0.29) is 55.9 Å². The van der Waals surface area contributed by atoms with Gasteiger partial charge in [-0.15, -0.1) is 0 Å². The highest BCUT2D eigenvalue weighted by Gasteiger charge is 2.40. The third-order valence-electron chi connectivity index (χ3n) is 7.52.